The number of nitrogens with one attached hydrogen (secondary N) is 1. The van der Waals surface area contributed by atoms with Gasteiger partial charge in [0, 0.05) is 18.9 Å². The van der Waals surface area contributed by atoms with E-state index in [1.54, 1.807) is 13.1 Å². The molecular weight excluding hydrogens is 194 g/mol. The van der Waals surface area contributed by atoms with Crippen molar-refractivity contribution in [2.24, 2.45) is 0 Å². The quantitative estimate of drug-likeness (QED) is 0.775. The molecule has 2 N–H and O–H groups in total. The van der Waals surface area contributed by atoms with Crippen molar-refractivity contribution in [3.8, 4) is 0 Å². The second kappa shape index (κ2) is 4.33. The predicted molar refractivity (Wildman–Crippen MR) is 57.9 cm³/mol. The fourth-order valence-corrected chi connectivity index (χ4v) is 1.23. The molecule has 0 amide bonds. The number of carboxylic acid groups (broad SMARTS) is 1. The number of rotatable bonds is 5. The van der Waals surface area contributed by atoms with Crippen LogP contribution in [0.5, 0.6) is 0 Å². The number of aliphatic carboxylic acids is 1. The van der Waals surface area contributed by atoms with Gasteiger partial charge in [-0.25, -0.2) is 9.78 Å². The SMILES string of the molecule is CCn1ccnc1NC(C)(CC)C(=O)O. The largest absolute Gasteiger partial charge is 0.480 e. The van der Waals surface area contributed by atoms with Crippen molar-refractivity contribution in [3.63, 3.8) is 0 Å². The first kappa shape index (κ1) is 11.6. The summed E-state index contributed by atoms with van der Waals surface area (Å²) < 4.78 is 1.87. The van der Waals surface area contributed by atoms with Gasteiger partial charge >= 0.3 is 5.97 Å². The van der Waals surface area contributed by atoms with E-state index in [1.165, 1.54) is 0 Å². The minimum atomic E-state index is -0.960. The van der Waals surface area contributed by atoms with Gasteiger partial charge in [0.15, 0.2) is 0 Å². The van der Waals surface area contributed by atoms with Crippen LogP contribution < -0.4 is 5.32 Å². The molecule has 0 fully saturated rings. The average Bonchev–Trinajstić information content (AvgIpc) is 2.64. The van der Waals surface area contributed by atoms with Crippen molar-refractivity contribution in [2.45, 2.75) is 39.3 Å². The van der Waals surface area contributed by atoms with E-state index in [9.17, 15) is 4.79 Å². The number of hydrogen-bond donors (Lipinski definition) is 2. The van der Waals surface area contributed by atoms with Gasteiger partial charge in [0.2, 0.25) is 5.95 Å². The molecule has 1 heterocycles. The lowest BCUT2D eigenvalue weighted by Gasteiger charge is -2.25. The number of aromatic nitrogens is 2. The lowest BCUT2D eigenvalue weighted by atomic mass is 10.00. The molecule has 0 aromatic carbocycles. The molecule has 0 saturated carbocycles. The minimum absolute atomic E-state index is 0.499. The Morgan fingerprint density at radius 2 is 2.33 bits per heavy atom. The van der Waals surface area contributed by atoms with E-state index in [4.69, 9.17) is 5.11 Å². The van der Waals surface area contributed by atoms with Gasteiger partial charge in [-0.1, -0.05) is 6.92 Å². The van der Waals surface area contributed by atoms with Crippen LogP contribution in [-0.4, -0.2) is 26.2 Å². The molecule has 1 rings (SSSR count). The highest BCUT2D eigenvalue weighted by Gasteiger charge is 2.31. The molecule has 1 aromatic rings. The maximum atomic E-state index is 11.1. The summed E-state index contributed by atoms with van der Waals surface area (Å²) in [6.45, 7) is 6.24. The average molecular weight is 211 g/mol. The maximum Gasteiger partial charge on any atom is 0.329 e. The van der Waals surface area contributed by atoms with Crippen LogP contribution in [0.4, 0.5) is 5.95 Å². The van der Waals surface area contributed by atoms with Crippen LogP contribution in [0.25, 0.3) is 0 Å². The van der Waals surface area contributed by atoms with Gasteiger partial charge in [-0.15, -0.1) is 0 Å². The lowest BCUT2D eigenvalue weighted by Crippen LogP contribution is -2.43. The number of carbonyl (C=O) groups is 1. The van der Waals surface area contributed by atoms with Crippen molar-refractivity contribution in [3.05, 3.63) is 12.4 Å². The number of imidazole rings is 1. The van der Waals surface area contributed by atoms with Crippen molar-refractivity contribution in [1.82, 2.24) is 9.55 Å². The van der Waals surface area contributed by atoms with E-state index in [0.717, 1.165) is 6.54 Å². The first-order valence-corrected chi connectivity index (χ1v) is 5.06. The highest BCUT2D eigenvalue weighted by molar-refractivity contribution is 5.81. The molecule has 15 heavy (non-hydrogen) atoms. The molecule has 0 radical (unpaired) electrons. The Morgan fingerprint density at radius 1 is 1.67 bits per heavy atom. The van der Waals surface area contributed by atoms with Crippen molar-refractivity contribution in [1.29, 1.82) is 0 Å². The molecule has 1 atom stereocenters. The zero-order valence-corrected chi connectivity index (χ0v) is 9.32. The summed E-state index contributed by atoms with van der Waals surface area (Å²) in [5.41, 5.74) is -0.960. The molecular formula is C10H17N3O2. The molecule has 5 heteroatoms. The molecule has 5 nitrogen and oxygen atoms in total. The third-order valence-electron chi connectivity index (χ3n) is 2.62. The summed E-state index contributed by atoms with van der Waals surface area (Å²) in [4.78, 5) is 15.2. The van der Waals surface area contributed by atoms with Crippen molar-refractivity contribution in [2.75, 3.05) is 5.32 Å². The molecule has 1 aromatic heterocycles. The van der Waals surface area contributed by atoms with Gasteiger partial charge in [0.1, 0.15) is 5.54 Å². The maximum absolute atomic E-state index is 11.1. The zero-order valence-electron chi connectivity index (χ0n) is 9.32. The van der Waals surface area contributed by atoms with E-state index in [-0.39, 0.29) is 0 Å². The van der Waals surface area contributed by atoms with E-state index in [2.05, 4.69) is 10.3 Å². The van der Waals surface area contributed by atoms with Crippen LogP contribution in [0.2, 0.25) is 0 Å². The summed E-state index contributed by atoms with van der Waals surface area (Å²) in [6, 6.07) is 0. The number of carboxylic acids is 1. The first-order valence-electron chi connectivity index (χ1n) is 5.06. The summed E-state index contributed by atoms with van der Waals surface area (Å²) in [7, 11) is 0. The summed E-state index contributed by atoms with van der Waals surface area (Å²) in [5, 5.41) is 12.1. The predicted octanol–water partition coefficient (Wildman–Crippen LogP) is 1.57. The highest BCUT2D eigenvalue weighted by Crippen LogP contribution is 2.17. The summed E-state index contributed by atoms with van der Waals surface area (Å²) in [5.74, 6) is -0.264. The smallest absolute Gasteiger partial charge is 0.329 e. The van der Waals surface area contributed by atoms with Gasteiger partial charge in [0.05, 0.1) is 0 Å². The van der Waals surface area contributed by atoms with Gasteiger partial charge in [-0.2, -0.15) is 0 Å². The van der Waals surface area contributed by atoms with E-state index < -0.39 is 11.5 Å². The second-order valence-electron chi connectivity index (χ2n) is 3.65. The molecule has 0 aliphatic carbocycles. The van der Waals surface area contributed by atoms with E-state index in [0.29, 0.717) is 12.4 Å². The van der Waals surface area contributed by atoms with Crippen LogP contribution >= 0.6 is 0 Å². The van der Waals surface area contributed by atoms with Gasteiger partial charge in [-0.05, 0) is 20.3 Å². The fourth-order valence-electron chi connectivity index (χ4n) is 1.23. The van der Waals surface area contributed by atoms with Crippen LogP contribution in [0.3, 0.4) is 0 Å². The van der Waals surface area contributed by atoms with Crippen molar-refractivity contribution < 1.29 is 9.90 Å². The highest BCUT2D eigenvalue weighted by atomic mass is 16.4. The summed E-state index contributed by atoms with van der Waals surface area (Å²) >= 11 is 0. The molecule has 0 saturated heterocycles. The third kappa shape index (κ3) is 2.29. The zero-order chi connectivity index (χ0) is 11.5. The normalized spacial score (nSPS) is 14.6. The Bertz CT molecular complexity index is 348. The van der Waals surface area contributed by atoms with Crippen molar-refractivity contribution >= 4 is 11.9 Å². The number of nitrogens with zero attached hydrogens (tertiary/aromatic N) is 2. The Hall–Kier alpha value is -1.52. The Morgan fingerprint density at radius 3 is 2.80 bits per heavy atom. The number of anilines is 1. The molecule has 1 unspecified atom stereocenters. The molecule has 0 aliphatic rings. The molecule has 0 spiro atoms. The van der Waals surface area contributed by atoms with Crippen LogP contribution in [0, 0.1) is 0 Å². The minimum Gasteiger partial charge on any atom is -0.480 e. The molecule has 0 aliphatic heterocycles. The number of hydrogen-bond acceptors (Lipinski definition) is 3. The Kier molecular flexibility index (Phi) is 3.34. The topological polar surface area (TPSA) is 67.2 Å². The summed E-state index contributed by atoms with van der Waals surface area (Å²) in [6.07, 6.45) is 3.98. The monoisotopic (exact) mass is 211 g/mol. The lowest BCUT2D eigenvalue weighted by molar-refractivity contribution is -0.141. The Labute approximate surface area is 89.1 Å². The van der Waals surface area contributed by atoms with Crippen LogP contribution in [0.15, 0.2) is 12.4 Å². The fraction of sp³-hybridized carbons (Fsp3) is 0.600. The number of aryl methyl sites for hydroxylation is 1. The van der Waals surface area contributed by atoms with Gasteiger partial charge in [-0.3, -0.25) is 0 Å². The van der Waals surface area contributed by atoms with Gasteiger partial charge < -0.3 is 15.0 Å². The van der Waals surface area contributed by atoms with E-state index in [1.807, 2.05) is 24.6 Å². The molecule has 84 valence electrons. The first-order chi connectivity index (χ1) is 7.03. The Balaban J connectivity index is 2.88. The third-order valence-corrected chi connectivity index (χ3v) is 2.62. The van der Waals surface area contributed by atoms with Crippen LogP contribution in [-0.2, 0) is 11.3 Å². The van der Waals surface area contributed by atoms with E-state index >= 15 is 0 Å². The standard InChI is InChI=1S/C10H17N3O2/c1-4-10(3,8(14)15)12-9-11-6-7-13(9)5-2/h6-7H,4-5H2,1-3H3,(H,11,12)(H,14,15). The molecule has 0 bridgehead atoms. The second-order valence-corrected chi connectivity index (χ2v) is 3.65. The van der Waals surface area contributed by atoms with Gasteiger partial charge in [0.25, 0.3) is 0 Å². The van der Waals surface area contributed by atoms with Crippen LogP contribution in [0.1, 0.15) is 27.2 Å².